The summed E-state index contributed by atoms with van der Waals surface area (Å²) in [6, 6.07) is 6.84. The van der Waals surface area contributed by atoms with Crippen molar-refractivity contribution in [1.29, 1.82) is 0 Å². The third-order valence-corrected chi connectivity index (χ3v) is 4.44. The van der Waals surface area contributed by atoms with Crippen LogP contribution in [0.25, 0.3) is 0 Å². The Bertz CT molecular complexity index is 771. The highest BCUT2D eigenvalue weighted by atomic mass is 16.5. The van der Waals surface area contributed by atoms with Crippen molar-refractivity contribution < 1.29 is 14.3 Å². The molecule has 136 valence electrons. The van der Waals surface area contributed by atoms with E-state index >= 15 is 0 Å². The van der Waals surface area contributed by atoms with Crippen molar-refractivity contribution >= 4 is 17.6 Å². The van der Waals surface area contributed by atoms with Gasteiger partial charge in [-0.05, 0) is 37.1 Å². The molecule has 0 atom stereocenters. The van der Waals surface area contributed by atoms with Gasteiger partial charge >= 0.3 is 0 Å². The zero-order valence-electron chi connectivity index (χ0n) is 14.7. The minimum Gasteiger partial charge on any atom is -0.497 e. The first kappa shape index (κ1) is 17.8. The average molecular weight is 354 g/mol. The average Bonchev–Trinajstić information content (AvgIpc) is 2.69. The van der Waals surface area contributed by atoms with E-state index in [0.717, 1.165) is 25.7 Å². The SMILES string of the molecule is COc1ccc(C(=O)Nc2nccnc2C(=O)NC2CCCCC2)cc1. The fourth-order valence-electron chi connectivity index (χ4n) is 3.02. The first-order valence-corrected chi connectivity index (χ1v) is 8.74. The molecule has 1 saturated carbocycles. The normalized spacial score (nSPS) is 14.5. The van der Waals surface area contributed by atoms with E-state index < -0.39 is 0 Å². The summed E-state index contributed by atoms with van der Waals surface area (Å²) in [5.41, 5.74) is 0.565. The van der Waals surface area contributed by atoms with E-state index in [4.69, 9.17) is 4.74 Å². The monoisotopic (exact) mass is 354 g/mol. The van der Waals surface area contributed by atoms with Crippen LogP contribution in [0.3, 0.4) is 0 Å². The smallest absolute Gasteiger partial charge is 0.273 e. The van der Waals surface area contributed by atoms with Gasteiger partial charge in [0.05, 0.1) is 7.11 Å². The minimum absolute atomic E-state index is 0.125. The van der Waals surface area contributed by atoms with Gasteiger partial charge in [-0.15, -0.1) is 0 Å². The maximum absolute atomic E-state index is 12.6. The molecule has 2 amide bonds. The highest BCUT2D eigenvalue weighted by molar-refractivity contribution is 6.07. The van der Waals surface area contributed by atoms with Crippen LogP contribution in [0.1, 0.15) is 53.0 Å². The topological polar surface area (TPSA) is 93.2 Å². The Kier molecular flexibility index (Phi) is 5.78. The Labute approximate surface area is 152 Å². The van der Waals surface area contributed by atoms with Gasteiger partial charge in [-0.3, -0.25) is 9.59 Å². The number of hydrogen-bond donors (Lipinski definition) is 2. The number of methoxy groups -OCH3 is 1. The van der Waals surface area contributed by atoms with E-state index in [2.05, 4.69) is 20.6 Å². The number of benzene rings is 1. The second-order valence-electron chi connectivity index (χ2n) is 6.24. The fourth-order valence-corrected chi connectivity index (χ4v) is 3.02. The standard InChI is InChI=1S/C19H22N4O3/c1-26-15-9-7-13(8-10-15)18(24)23-17-16(20-11-12-21-17)19(25)22-14-5-3-2-4-6-14/h7-12,14H,2-6H2,1H3,(H,22,25)(H,21,23,24). The van der Waals surface area contributed by atoms with E-state index in [0.29, 0.717) is 11.3 Å². The highest BCUT2D eigenvalue weighted by Gasteiger charge is 2.21. The van der Waals surface area contributed by atoms with E-state index in [1.807, 2.05) is 0 Å². The van der Waals surface area contributed by atoms with Crippen molar-refractivity contribution in [2.24, 2.45) is 0 Å². The van der Waals surface area contributed by atoms with Crippen LogP contribution in [-0.4, -0.2) is 34.9 Å². The van der Waals surface area contributed by atoms with Crippen molar-refractivity contribution in [1.82, 2.24) is 15.3 Å². The van der Waals surface area contributed by atoms with Gasteiger partial charge in [-0.1, -0.05) is 19.3 Å². The van der Waals surface area contributed by atoms with Crippen LogP contribution < -0.4 is 15.4 Å². The maximum Gasteiger partial charge on any atom is 0.273 e. The number of aromatic nitrogens is 2. The first-order chi connectivity index (χ1) is 12.7. The number of nitrogens with zero attached hydrogens (tertiary/aromatic N) is 2. The molecule has 0 radical (unpaired) electrons. The van der Waals surface area contributed by atoms with Crippen LogP contribution in [0.5, 0.6) is 5.75 Å². The number of ether oxygens (including phenoxy) is 1. The molecule has 0 spiro atoms. The number of anilines is 1. The third kappa shape index (κ3) is 4.36. The quantitative estimate of drug-likeness (QED) is 0.861. The number of amides is 2. The lowest BCUT2D eigenvalue weighted by Crippen LogP contribution is -2.37. The van der Waals surface area contributed by atoms with Crippen molar-refractivity contribution in [2.75, 3.05) is 12.4 Å². The largest absolute Gasteiger partial charge is 0.497 e. The van der Waals surface area contributed by atoms with Crippen molar-refractivity contribution in [3.05, 3.63) is 47.9 Å². The first-order valence-electron chi connectivity index (χ1n) is 8.74. The summed E-state index contributed by atoms with van der Waals surface area (Å²) >= 11 is 0. The van der Waals surface area contributed by atoms with Gasteiger partial charge in [0.25, 0.3) is 11.8 Å². The van der Waals surface area contributed by atoms with Gasteiger partial charge < -0.3 is 15.4 Å². The third-order valence-electron chi connectivity index (χ3n) is 4.44. The van der Waals surface area contributed by atoms with Crippen LogP contribution in [0.4, 0.5) is 5.82 Å². The molecule has 1 fully saturated rings. The van der Waals surface area contributed by atoms with Gasteiger partial charge in [0, 0.05) is 24.0 Å². The van der Waals surface area contributed by atoms with E-state index in [1.165, 1.54) is 18.8 Å². The zero-order valence-corrected chi connectivity index (χ0v) is 14.7. The van der Waals surface area contributed by atoms with E-state index in [9.17, 15) is 9.59 Å². The van der Waals surface area contributed by atoms with Crippen molar-refractivity contribution in [2.45, 2.75) is 38.1 Å². The summed E-state index contributed by atoms with van der Waals surface area (Å²) in [6.07, 6.45) is 8.28. The highest BCUT2D eigenvalue weighted by Crippen LogP contribution is 2.19. The molecular weight excluding hydrogens is 332 g/mol. The lowest BCUT2D eigenvalue weighted by atomic mass is 9.95. The summed E-state index contributed by atoms with van der Waals surface area (Å²) < 4.78 is 5.08. The molecule has 3 rings (SSSR count). The molecule has 0 saturated heterocycles. The van der Waals surface area contributed by atoms with Crippen LogP contribution in [0, 0.1) is 0 Å². The number of carbonyl (C=O) groups excluding carboxylic acids is 2. The van der Waals surface area contributed by atoms with Crippen LogP contribution in [0.2, 0.25) is 0 Å². The lowest BCUT2D eigenvalue weighted by Gasteiger charge is -2.22. The predicted octanol–water partition coefficient (Wildman–Crippen LogP) is 2.80. The summed E-state index contributed by atoms with van der Waals surface area (Å²) in [4.78, 5) is 33.2. The molecule has 7 nitrogen and oxygen atoms in total. The summed E-state index contributed by atoms with van der Waals surface area (Å²) in [5, 5.41) is 5.66. The fraction of sp³-hybridized carbons (Fsp3) is 0.368. The zero-order chi connectivity index (χ0) is 18.4. The van der Waals surface area contributed by atoms with Crippen LogP contribution in [-0.2, 0) is 0 Å². The van der Waals surface area contributed by atoms with E-state index in [1.54, 1.807) is 31.4 Å². The van der Waals surface area contributed by atoms with Crippen LogP contribution in [0.15, 0.2) is 36.7 Å². The molecule has 1 heterocycles. The second kappa shape index (κ2) is 8.42. The Morgan fingerprint density at radius 3 is 2.38 bits per heavy atom. The molecule has 7 heteroatoms. The summed E-state index contributed by atoms with van der Waals surface area (Å²) in [6.45, 7) is 0. The Morgan fingerprint density at radius 2 is 1.69 bits per heavy atom. The molecule has 0 unspecified atom stereocenters. The van der Waals surface area contributed by atoms with Crippen LogP contribution >= 0.6 is 0 Å². The molecule has 1 aliphatic carbocycles. The van der Waals surface area contributed by atoms with Gasteiger partial charge in [0.15, 0.2) is 11.5 Å². The number of nitrogens with one attached hydrogen (secondary N) is 2. The van der Waals surface area contributed by atoms with Crippen molar-refractivity contribution in [3.63, 3.8) is 0 Å². The van der Waals surface area contributed by atoms with Crippen molar-refractivity contribution in [3.8, 4) is 5.75 Å². The molecular formula is C19H22N4O3. The Morgan fingerprint density at radius 1 is 1.00 bits per heavy atom. The lowest BCUT2D eigenvalue weighted by molar-refractivity contribution is 0.0923. The molecule has 2 aromatic rings. The molecule has 0 bridgehead atoms. The molecule has 1 aromatic carbocycles. The second-order valence-corrected chi connectivity index (χ2v) is 6.24. The Balaban J connectivity index is 1.71. The van der Waals surface area contributed by atoms with E-state index in [-0.39, 0.29) is 29.4 Å². The number of carbonyl (C=O) groups is 2. The van der Waals surface area contributed by atoms with Gasteiger partial charge in [-0.25, -0.2) is 9.97 Å². The molecule has 2 N–H and O–H groups in total. The maximum atomic E-state index is 12.6. The van der Waals surface area contributed by atoms with Gasteiger partial charge in [-0.2, -0.15) is 0 Å². The molecule has 1 aromatic heterocycles. The minimum atomic E-state index is -0.361. The van der Waals surface area contributed by atoms with Gasteiger partial charge in [0.1, 0.15) is 5.75 Å². The Hall–Kier alpha value is -2.96. The van der Waals surface area contributed by atoms with Gasteiger partial charge in [0.2, 0.25) is 0 Å². The molecule has 1 aliphatic rings. The summed E-state index contributed by atoms with van der Waals surface area (Å²) in [7, 11) is 1.56. The molecule has 0 aliphatic heterocycles. The predicted molar refractivity (Wildman–Crippen MR) is 97.3 cm³/mol. The molecule has 26 heavy (non-hydrogen) atoms. The number of hydrogen-bond acceptors (Lipinski definition) is 5. The number of rotatable bonds is 5. The summed E-state index contributed by atoms with van der Waals surface area (Å²) in [5.74, 6) is 0.144.